The summed E-state index contributed by atoms with van der Waals surface area (Å²) in [4.78, 5) is 18.9. The Morgan fingerprint density at radius 1 is 1.25 bits per heavy atom. The molecule has 2 fully saturated rings. The zero-order chi connectivity index (χ0) is 16.3. The van der Waals surface area contributed by atoms with Gasteiger partial charge in [0.15, 0.2) is 11.6 Å². The van der Waals surface area contributed by atoms with Crippen molar-refractivity contribution in [2.75, 3.05) is 11.4 Å². The summed E-state index contributed by atoms with van der Waals surface area (Å²) in [6.45, 7) is 0.949. The topological polar surface area (TPSA) is 71.2 Å². The van der Waals surface area contributed by atoms with Crippen molar-refractivity contribution in [3.8, 4) is 0 Å². The van der Waals surface area contributed by atoms with E-state index in [1.807, 2.05) is 24.7 Å². The highest BCUT2D eigenvalue weighted by Gasteiger charge is 2.46. The molecule has 0 bridgehead atoms. The third-order valence-corrected chi connectivity index (χ3v) is 5.56. The fourth-order valence-corrected chi connectivity index (χ4v) is 4.20. The van der Waals surface area contributed by atoms with Gasteiger partial charge in [-0.3, -0.25) is 4.57 Å². The van der Waals surface area contributed by atoms with Crippen LogP contribution in [0.25, 0.3) is 5.52 Å². The molecule has 0 aromatic carbocycles. The maximum absolute atomic E-state index is 11.9. The number of hydrogen-bond acceptors (Lipinski definition) is 4. The summed E-state index contributed by atoms with van der Waals surface area (Å²) >= 11 is 0. The zero-order valence-corrected chi connectivity index (χ0v) is 13.6. The number of nitrogens with zero attached hydrogens (tertiary/aromatic N) is 5. The molecule has 2 atom stereocenters. The van der Waals surface area contributed by atoms with Crippen molar-refractivity contribution in [1.82, 2.24) is 24.1 Å². The van der Waals surface area contributed by atoms with Crippen molar-refractivity contribution in [1.29, 1.82) is 0 Å². The molecule has 0 spiro atoms. The predicted molar refractivity (Wildman–Crippen MR) is 89.9 cm³/mol. The van der Waals surface area contributed by atoms with Crippen molar-refractivity contribution in [2.24, 2.45) is 18.9 Å². The summed E-state index contributed by atoms with van der Waals surface area (Å²) in [5.41, 5.74) is 0.944. The second kappa shape index (κ2) is 4.96. The molecule has 3 aromatic rings. The van der Waals surface area contributed by atoms with Gasteiger partial charge in [-0.05, 0) is 43.2 Å². The number of aromatic amines is 1. The van der Waals surface area contributed by atoms with Gasteiger partial charge < -0.3 is 9.30 Å². The second-order valence-electron chi connectivity index (χ2n) is 6.93. The summed E-state index contributed by atoms with van der Waals surface area (Å²) in [6.07, 6.45) is 9.54. The van der Waals surface area contributed by atoms with Gasteiger partial charge in [-0.25, -0.2) is 14.9 Å². The molecule has 7 heteroatoms. The molecule has 7 nitrogen and oxygen atoms in total. The highest BCUT2D eigenvalue weighted by atomic mass is 16.1. The average Bonchev–Trinajstić information content (AvgIpc) is 3.02. The Labute approximate surface area is 138 Å². The highest BCUT2D eigenvalue weighted by molar-refractivity contribution is 5.70. The minimum atomic E-state index is -0.153. The van der Waals surface area contributed by atoms with Gasteiger partial charge >= 0.3 is 5.69 Å². The van der Waals surface area contributed by atoms with Crippen LogP contribution in [0.2, 0.25) is 0 Å². The van der Waals surface area contributed by atoms with Gasteiger partial charge in [0.2, 0.25) is 0 Å². The molecule has 1 N–H and O–H groups in total. The van der Waals surface area contributed by atoms with E-state index in [9.17, 15) is 4.79 Å². The van der Waals surface area contributed by atoms with E-state index in [2.05, 4.69) is 30.5 Å². The Bertz CT molecular complexity index is 949. The van der Waals surface area contributed by atoms with Gasteiger partial charge in [-0.1, -0.05) is 0 Å². The summed E-state index contributed by atoms with van der Waals surface area (Å²) in [5, 5.41) is 6.95. The summed E-state index contributed by atoms with van der Waals surface area (Å²) < 4.78 is 3.74. The summed E-state index contributed by atoms with van der Waals surface area (Å²) in [5.74, 6) is 3.09. The van der Waals surface area contributed by atoms with E-state index in [0.717, 1.165) is 36.0 Å². The number of hydrogen-bond donors (Lipinski definition) is 1. The molecular formula is C17H20N6O. The minimum absolute atomic E-state index is 0.107. The zero-order valence-electron chi connectivity index (χ0n) is 13.6. The first-order chi connectivity index (χ1) is 11.7. The molecular weight excluding hydrogens is 304 g/mol. The van der Waals surface area contributed by atoms with Crippen LogP contribution in [0.3, 0.4) is 0 Å². The molecule has 1 aliphatic carbocycles. The van der Waals surface area contributed by atoms with Gasteiger partial charge in [0, 0.05) is 32.2 Å². The van der Waals surface area contributed by atoms with Crippen LogP contribution in [0.5, 0.6) is 0 Å². The Kier molecular flexibility index (Phi) is 2.86. The van der Waals surface area contributed by atoms with Crippen LogP contribution in [0.15, 0.2) is 35.5 Å². The van der Waals surface area contributed by atoms with Crippen LogP contribution in [-0.4, -0.2) is 30.7 Å². The second-order valence-corrected chi connectivity index (χ2v) is 6.93. The van der Waals surface area contributed by atoms with Gasteiger partial charge in [0.25, 0.3) is 0 Å². The molecule has 0 radical (unpaired) electrons. The third kappa shape index (κ3) is 1.93. The highest BCUT2D eigenvalue weighted by Crippen LogP contribution is 2.51. The quantitative estimate of drug-likeness (QED) is 0.796. The number of rotatable bonds is 3. The summed E-state index contributed by atoms with van der Waals surface area (Å²) in [7, 11) is 1.80. The molecule has 124 valence electrons. The van der Waals surface area contributed by atoms with E-state index in [4.69, 9.17) is 0 Å². The van der Waals surface area contributed by atoms with E-state index in [0.29, 0.717) is 5.92 Å². The molecule has 1 saturated carbocycles. The lowest BCUT2D eigenvalue weighted by Gasteiger charge is -2.28. The first-order valence-corrected chi connectivity index (χ1v) is 8.53. The third-order valence-electron chi connectivity index (χ3n) is 5.56. The number of anilines is 1. The number of nitrogens with one attached hydrogen (secondary N) is 1. The number of aromatic nitrogens is 5. The van der Waals surface area contributed by atoms with Crippen LogP contribution in [-0.2, 0) is 7.05 Å². The Hall–Kier alpha value is -2.57. The van der Waals surface area contributed by atoms with Crippen molar-refractivity contribution >= 4 is 11.3 Å². The van der Waals surface area contributed by atoms with Crippen LogP contribution in [0.1, 0.15) is 31.1 Å². The van der Waals surface area contributed by atoms with Crippen molar-refractivity contribution in [3.63, 3.8) is 0 Å². The maximum atomic E-state index is 11.9. The standard InChI is InChI=1S/C17H20N6O/c1-21-16(19-20-17(21)24)14-12(11-4-5-11)6-9-23(14)15-13-3-2-8-22(13)10-7-18-15/h2-3,7-8,10-12,14H,4-6,9H2,1H3,(H,20,24). The fourth-order valence-electron chi connectivity index (χ4n) is 4.20. The first kappa shape index (κ1) is 13.8. The molecule has 1 saturated heterocycles. The van der Waals surface area contributed by atoms with Gasteiger partial charge in [0.1, 0.15) is 0 Å². The van der Waals surface area contributed by atoms with E-state index >= 15 is 0 Å². The van der Waals surface area contributed by atoms with Crippen LogP contribution in [0.4, 0.5) is 5.82 Å². The molecule has 2 unspecified atom stereocenters. The van der Waals surface area contributed by atoms with Crippen LogP contribution in [0, 0.1) is 11.8 Å². The Morgan fingerprint density at radius 3 is 2.88 bits per heavy atom. The van der Waals surface area contributed by atoms with Crippen molar-refractivity contribution < 1.29 is 0 Å². The minimum Gasteiger partial charge on any atom is -0.344 e. The van der Waals surface area contributed by atoms with E-state index in [1.54, 1.807) is 11.6 Å². The van der Waals surface area contributed by atoms with Crippen molar-refractivity contribution in [3.05, 3.63) is 47.0 Å². The Morgan fingerprint density at radius 2 is 2.12 bits per heavy atom. The average molecular weight is 324 g/mol. The molecule has 24 heavy (non-hydrogen) atoms. The first-order valence-electron chi connectivity index (χ1n) is 8.53. The number of fused-ring (bicyclic) bond motifs is 1. The lowest BCUT2D eigenvalue weighted by Crippen LogP contribution is -2.30. The SMILES string of the molecule is Cn1c(C2C(C3CC3)CCN2c2nccn3cccc23)n[nH]c1=O. The van der Waals surface area contributed by atoms with E-state index in [1.165, 1.54) is 12.8 Å². The molecule has 4 heterocycles. The fraction of sp³-hybridized carbons (Fsp3) is 0.471. The monoisotopic (exact) mass is 324 g/mol. The van der Waals surface area contributed by atoms with E-state index in [-0.39, 0.29) is 11.7 Å². The Balaban J connectivity index is 1.65. The van der Waals surface area contributed by atoms with Crippen molar-refractivity contribution in [2.45, 2.75) is 25.3 Å². The van der Waals surface area contributed by atoms with Crippen LogP contribution < -0.4 is 10.6 Å². The summed E-state index contributed by atoms with van der Waals surface area (Å²) in [6, 6.07) is 4.23. The normalized spacial score (nSPS) is 24.1. The largest absolute Gasteiger partial charge is 0.344 e. The van der Waals surface area contributed by atoms with Crippen LogP contribution >= 0.6 is 0 Å². The molecule has 5 rings (SSSR count). The molecule has 2 aliphatic rings. The molecule has 0 amide bonds. The lowest BCUT2D eigenvalue weighted by molar-refractivity contribution is 0.405. The maximum Gasteiger partial charge on any atom is 0.343 e. The van der Waals surface area contributed by atoms with Gasteiger partial charge in [-0.15, -0.1) is 0 Å². The number of H-pyrrole nitrogens is 1. The van der Waals surface area contributed by atoms with Gasteiger partial charge in [0.05, 0.1) is 11.6 Å². The molecule has 1 aliphatic heterocycles. The van der Waals surface area contributed by atoms with Gasteiger partial charge in [-0.2, -0.15) is 5.10 Å². The molecule has 3 aromatic heterocycles. The smallest absolute Gasteiger partial charge is 0.343 e. The van der Waals surface area contributed by atoms with E-state index < -0.39 is 0 Å². The lowest BCUT2D eigenvalue weighted by atomic mass is 9.94. The predicted octanol–water partition coefficient (Wildman–Crippen LogP) is 1.73.